The molecular weight excluding hydrogens is 256 g/mol. The molecule has 1 aromatic carbocycles. The molecule has 4 heteroatoms. The summed E-state index contributed by atoms with van der Waals surface area (Å²) in [5.74, 6) is -0.106. The van der Waals surface area contributed by atoms with E-state index in [-0.39, 0.29) is 18.3 Å². The van der Waals surface area contributed by atoms with Crippen LogP contribution in [0.25, 0.3) is 0 Å². The second kappa shape index (κ2) is 5.27. The van der Waals surface area contributed by atoms with Crippen molar-refractivity contribution < 1.29 is 19.4 Å². The fourth-order valence-corrected chi connectivity index (χ4v) is 3.00. The van der Waals surface area contributed by atoms with E-state index in [4.69, 9.17) is 9.84 Å². The third-order valence-corrected chi connectivity index (χ3v) is 4.27. The highest BCUT2D eigenvalue weighted by Crippen LogP contribution is 2.40. The summed E-state index contributed by atoms with van der Waals surface area (Å²) in [6.45, 7) is 7.37. The van der Waals surface area contributed by atoms with E-state index in [1.165, 1.54) is 0 Å². The number of fused-ring (bicyclic) bond motifs is 1. The van der Waals surface area contributed by atoms with Gasteiger partial charge in [0.05, 0.1) is 0 Å². The van der Waals surface area contributed by atoms with Crippen molar-refractivity contribution >= 4 is 11.8 Å². The van der Waals surface area contributed by atoms with Crippen LogP contribution in [0, 0.1) is 26.7 Å². The summed E-state index contributed by atoms with van der Waals surface area (Å²) in [5, 5.41) is 8.76. The van der Waals surface area contributed by atoms with Crippen molar-refractivity contribution in [3.8, 4) is 5.75 Å². The maximum Gasteiger partial charge on any atom is 0.341 e. The molecule has 1 N–H and O–H groups in total. The lowest BCUT2D eigenvalue weighted by molar-refractivity contribution is -0.139. The van der Waals surface area contributed by atoms with Crippen molar-refractivity contribution in [1.82, 2.24) is 0 Å². The normalized spacial score (nSPS) is 17.2. The monoisotopic (exact) mass is 276 g/mol. The molecule has 0 spiro atoms. The number of rotatable bonds is 4. The fraction of sp³-hybridized carbons (Fsp3) is 0.500. The van der Waals surface area contributed by atoms with Gasteiger partial charge in [0.15, 0.2) is 12.4 Å². The molecule has 0 fully saturated rings. The number of benzene rings is 1. The molecule has 4 nitrogen and oxygen atoms in total. The number of carboxylic acids is 1. The van der Waals surface area contributed by atoms with Crippen molar-refractivity contribution in [2.75, 3.05) is 6.61 Å². The summed E-state index contributed by atoms with van der Waals surface area (Å²) in [5.41, 5.74) is 4.56. The van der Waals surface area contributed by atoms with E-state index in [0.717, 1.165) is 40.7 Å². The average Bonchev–Trinajstić information content (AvgIpc) is 2.73. The van der Waals surface area contributed by atoms with Gasteiger partial charge in [-0.25, -0.2) is 4.79 Å². The highest BCUT2D eigenvalue weighted by Gasteiger charge is 2.34. The Bertz CT molecular complexity index is 587. The van der Waals surface area contributed by atoms with E-state index < -0.39 is 5.97 Å². The molecule has 0 saturated carbocycles. The number of carboxylic acid groups (broad SMARTS) is 1. The van der Waals surface area contributed by atoms with Crippen LogP contribution in [0.2, 0.25) is 0 Å². The van der Waals surface area contributed by atoms with Gasteiger partial charge in [0.1, 0.15) is 5.75 Å². The zero-order valence-corrected chi connectivity index (χ0v) is 12.4. The standard InChI is InChI=1S/C16H20O4/c1-5-11-6-12-10(4)16(20-7-13(17)18)9(3)8(2)14(12)15(11)19/h11H,5-7H2,1-4H3,(H,17,18). The number of ether oxygens (including phenoxy) is 1. The Morgan fingerprint density at radius 3 is 2.45 bits per heavy atom. The van der Waals surface area contributed by atoms with Crippen molar-refractivity contribution in [2.45, 2.75) is 40.5 Å². The molecule has 1 aromatic rings. The summed E-state index contributed by atoms with van der Waals surface area (Å²) in [6.07, 6.45) is 1.57. The third kappa shape index (κ3) is 2.19. The van der Waals surface area contributed by atoms with E-state index in [2.05, 4.69) is 0 Å². The number of aliphatic carboxylic acids is 1. The van der Waals surface area contributed by atoms with Gasteiger partial charge in [-0.2, -0.15) is 0 Å². The van der Waals surface area contributed by atoms with E-state index in [1.807, 2.05) is 27.7 Å². The van der Waals surface area contributed by atoms with Gasteiger partial charge in [-0.05, 0) is 55.9 Å². The van der Waals surface area contributed by atoms with Gasteiger partial charge in [0.25, 0.3) is 0 Å². The molecule has 20 heavy (non-hydrogen) atoms. The number of hydrogen-bond acceptors (Lipinski definition) is 3. The second-order valence-electron chi connectivity index (χ2n) is 5.41. The summed E-state index contributed by atoms with van der Waals surface area (Å²) in [6, 6.07) is 0. The molecule has 1 aliphatic carbocycles. The Kier molecular flexibility index (Phi) is 3.84. The van der Waals surface area contributed by atoms with Gasteiger partial charge >= 0.3 is 5.97 Å². The van der Waals surface area contributed by atoms with Crippen LogP contribution in [0.15, 0.2) is 0 Å². The number of carbonyl (C=O) groups excluding carboxylic acids is 1. The van der Waals surface area contributed by atoms with E-state index in [0.29, 0.717) is 5.75 Å². The first kappa shape index (κ1) is 14.6. The van der Waals surface area contributed by atoms with Crippen LogP contribution >= 0.6 is 0 Å². The number of hydrogen-bond donors (Lipinski definition) is 1. The number of Topliss-reactive ketones (excluding diaryl/α,β-unsaturated/α-hetero) is 1. The molecule has 0 bridgehead atoms. The first-order valence-corrected chi connectivity index (χ1v) is 6.89. The van der Waals surface area contributed by atoms with Gasteiger partial charge in [0.2, 0.25) is 0 Å². The quantitative estimate of drug-likeness (QED) is 0.918. The molecule has 1 unspecified atom stereocenters. The number of carbonyl (C=O) groups is 2. The SMILES string of the molecule is CCC1Cc2c(C)c(OCC(=O)O)c(C)c(C)c2C1=O. The van der Waals surface area contributed by atoms with Gasteiger partial charge in [0, 0.05) is 11.5 Å². The highest BCUT2D eigenvalue weighted by molar-refractivity contribution is 6.04. The summed E-state index contributed by atoms with van der Waals surface area (Å²) in [4.78, 5) is 23.1. The first-order chi connectivity index (χ1) is 9.38. The van der Waals surface area contributed by atoms with Gasteiger partial charge in [-0.15, -0.1) is 0 Å². The third-order valence-electron chi connectivity index (χ3n) is 4.27. The topological polar surface area (TPSA) is 63.6 Å². The lowest BCUT2D eigenvalue weighted by atomic mass is 9.93. The minimum Gasteiger partial charge on any atom is -0.481 e. The zero-order chi connectivity index (χ0) is 15.0. The maximum atomic E-state index is 12.4. The van der Waals surface area contributed by atoms with E-state index in [9.17, 15) is 9.59 Å². The lowest BCUT2D eigenvalue weighted by Crippen LogP contribution is -2.13. The molecule has 0 amide bonds. The van der Waals surface area contributed by atoms with Crippen LogP contribution < -0.4 is 4.74 Å². The molecule has 0 aliphatic heterocycles. The fourth-order valence-electron chi connectivity index (χ4n) is 3.00. The molecule has 108 valence electrons. The minimum absolute atomic E-state index is 0.0523. The molecule has 1 atom stereocenters. The van der Waals surface area contributed by atoms with Crippen molar-refractivity contribution in [1.29, 1.82) is 0 Å². The summed E-state index contributed by atoms with van der Waals surface area (Å²) in [7, 11) is 0. The lowest BCUT2D eigenvalue weighted by Gasteiger charge is -2.17. The Hall–Kier alpha value is -1.84. The van der Waals surface area contributed by atoms with Crippen LogP contribution in [-0.2, 0) is 11.2 Å². The summed E-state index contributed by atoms with van der Waals surface area (Å²) >= 11 is 0. The van der Waals surface area contributed by atoms with Crippen LogP contribution in [-0.4, -0.2) is 23.5 Å². The number of ketones is 1. The zero-order valence-electron chi connectivity index (χ0n) is 12.4. The van der Waals surface area contributed by atoms with Crippen LogP contribution in [0.5, 0.6) is 5.75 Å². The van der Waals surface area contributed by atoms with Crippen LogP contribution in [0.3, 0.4) is 0 Å². The van der Waals surface area contributed by atoms with Crippen LogP contribution in [0.1, 0.15) is 46.0 Å². The summed E-state index contributed by atoms with van der Waals surface area (Å²) < 4.78 is 5.43. The van der Waals surface area contributed by atoms with E-state index >= 15 is 0 Å². The van der Waals surface area contributed by atoms with Gasteiger partial charge in [-0.3, -0.25) is 4.79 Å². The van der Waals surface area contributed by atoms with Crippen molar-refractivity contribution in [3.63, 3.8) is 0 Å². The molecule has 2 rings (SSSR count). The smallest absolute Gasteiger partial charge is 0.341 e. The predicted molar refractivity (Wildman–Crippen MR) is 75.6 cm³/mol. The first-order valence-electron chi connectivity index (χ1n) is 6.89. The predicted octanol–water partition coefficient (Wildman–Crippen LogP) is 2.84. The molecular formula is C16H20O4. The highest BCUT2D eigenvalue weighted by atomic mass is 16.5. The average molecular weight is 276 g/mol. The Balaban J connectivity index is 2.52. The minimum atomic E-state index is -0.996. The largest absolute Gasteiger partial charge is 0.481 e. The molecule has 1 aliphatic rings. The van der Waals surface area contributed by atoms with Gasteiger partial charge in [-0.1, -0.05) is 6.92 Å². The molecule has 0 heterocycles. The molecule has 0 aromatic heterocycles. The van der Waals surface area contributed by atoms with Crippen molar-refractivity contribution in [3.05, 3.63) is 27.8 Å². The van der Waals surface area contributed by atoms with E-state index in [1.54, 1.807) is 0 Å². The van der Waals surface area contributed by atoms with Gasteiger partial charge < -0.3 is 9.84 Å². The van der Waals surface area contributed by atoms with Crippen molar-refractivity contribution in [2.24, 2.45) is 5.92 Å². The van der Waals surface area contributed by atoms with Crippen LogP contribution in [0.4, 0.5) is 0 Å². The Labute approximate surface area is 118 Å². The molecule has 0 radical (unpaired) electrons. The second-order valence-corrected chi connectivity index (χ2v) is 5.41. The maximum absolute atomic E-state index is 12.4. The molecule has 0 saturated heterocycles. The Morgan fingerprint density at radius 1 is 1.25 bits per heavy atom. The Morgan fingerprint density at radius 2 is 1.90 bits per heavy atom.